The van der Waals surface area contributed by atoms with Crippen LogP contribution in [0.5, 0.6) is 0 Å². The Morgan fingerprint density at radius 1 is 1.25 bits per heavy atom. The summed E-state index contributed by atoms with van der Waals surface area (Å²) in [6.07, 6.45) is 3.86. The van der Waals surface area contributed by atoms with Gasteiger partial charge in [0.15, 0.2) is 0 Å². The molecule has 2 aromatic carbocycles. The summed E-state index contributed by atoms with van der Waals surface area (Å²) in [5.74, 6) is 0. The van der Waals surface area contributed by atoms with Crippen molar-refractivity contribution in [3.05, 3.63) is 59.7 Å². The Labute approximate surface area is 146 Å². The van der Waals surface area contributed by atoms with Crippen molar-refractivity contribution in [1.82, 2.24) is 4.90 Å². The summed E-state index contributed by atoms with van der Waals surface area (Å²) in [5.41, 5.74) is 3.30. The van der Waals surface area contributed by atoms with E-state index in [0.29, 0.717) is 6.54 Å². The van der Waals surface area contributed by atoms with Gasteiger partial charge in [-0.2, -0.15) is 0 Å². The second-order valence-electron chi connectivity index (χ2n) is 5.80. The first-order chi connectivity index (χ1) is 11.7. The number of amides is 2. The van der Waals surface area contributed by atoms with Crippen LogP contribution < -0.4 is 5.32 Å². The van der Waals surface area contributed by atoms with Crippen molar-refractivity contribution in [2.45, 2.75) is 23.8 Å². The van der Waals surface area contributed by atoms with E-state index >= 15 is 0 Å². The molecule has 1 unspecified atom stereocenters. The van der Waals surface area contributed by atoms with Crippen LogP contribution in [0.1, 0.15) is 23.6 Å². The molecule has 1 aliphatic rings. The molecule has 1 atom stereocenters. The number of hydrogen-bond donors (Lipinski definition) is 2. The van der Waals surface area contributed by atoms with Gasteiger partial charge < -0.3 is 15.3 Å². The number of aliphatic hydroxyl groups excluding tert-OH is 1. The predicted octanol–water partition coefficient (Wildman–Crippen LogP) is 3.92. The SMILES string of the molecule is CSc1ccccc1NC(=O)N(CCO)C1CCc2ccccc21. The van der Waals surface area contributed by atoms with Crippen molar-refractivity contribution in [1.29, 1.82) is 0 Å². The van der Waals surface area contributed by atoms with Crippen molar-refractivity contribution >= 4 is 23.5 Å². The highest BCUT2D eigenvalue weighted by molar-refractivity contribution is 7.98. The summed E-state index contributed by atoms with van der Waals surface area (Å²) < 4.78 is 0. The summed E-state index contributed by atoms with van der Waals surface area (Å²) >= 11 is 1.60. The number of carbonyl (C=O) groups is 1. The molecule has 0 bridgehead atoms. The lowest BCUT2D eigenvalue weighted by molar-refractivity contribution is 0.162. The van der Waals surface area contributed by atoms with E-state index in [1.807, 2.05) is 42.7 Å². The highest BCUT2D eigenvalue weighted by Crippen LogP contribution is 2.36. The number of carbonyl (C=O) groups excluding carboxylic acids is 1. The van der Waals surface area contributed by atoms with Crippen LogP contribution in [-0.4, -0.2) is 35.4 Å². The van der Waals surface area contributed by atoms with Gasteiger partial charge in [-0.15, -0.1) is 11.8 Å². The molecule has 0 aliphatic heterocycles. The standard InChI is InChI=1S/C19H22N2O2S/c1-24-18-9-5-4-8-16(18)20-19(23)21(12-13-22)17-11-10-14-6-2-3-7-15(14)17/h2-9,17,22H,10-13H2,1H3,(H,20,23). The maximum Gasteiger partial charge on any atom is 0.322 e. The molecular formula is C19H22N2O2S. The fourth-order valence-electron chi connectivity index (χ4n) is 3.30. The smallest absolute Gasteiger partial charge is 0.322 e. The predicted molar refractivity (Wildman–Crippen MR) is 98.5 cm³/mol. The van der Waals surface area contributed by atoms with Crippen molar-refractivity contribution in [2.75, 3.05) is 24.7 Å². The molecule has 0 spiro atoms. The number of fused-ring (bicyclic) bond motifs is 1. The molecule has 0 fully saturated rings. The number of para-hydroxylation sites is 1. The number of nitrogens with one attached hydrogen (secondary N) is 1. The van der Waals surface area contributed by atoms with Gasteiger partial charge in [0.05, 0.1) is 18.3 Å². The average Bonchev–Trinajstić information content (AvgIpc) is 3.04. The van der Waals surface area contributed by atoms with E-state index in [1.165, 1.54) is 11.1 Å². The van der Waals surface area contributed by atoms with Crippen molar-refractivity contribution in [3.8, 4) is 0 Å². The first-order valence-electron chi connectivity index (χ1n) is 8.14. The maximum atomic E-state index is 12.9. The van der Waals surface area contributed by atoms with Gasteiger partial charge in [0.2, 0.25) is 0 Å². The fraction of sp³-hybridized carbons (Fsp3) is 0.316. The van der Waals surface area contributed by atoms with E-state index < -0.39 is 0 Å². The molecule has 2 N–H and O–H groups in total. The fourth-order valence-corrected chi connectivity index (χ4v) is 3.85. The van der Waals surface area contributed by atoms with Crippen LogP contribution in [0.25, 0.3) is 0 Å². The molecule has 0 heterocycles. The van der Waals surface area contributed by atoms with Crippen LogP contribution >= 0.6 is 11.8 Å². The van der Waals surface area contributed by atoms with Crippen LogP contribution in [0.4, 0.5) is 10.5 Å². The van der Waals surface area contributed by atoms with Crippen LogP contribution in [0, 0.1) is 0 Å². The number of urea groups is 1. The quantitative estimate of drug-likeness (QED) is 0.810. The van der Waals surface area contributed by atoms with Crippen LogP contribution in [0.15, 0.2) is 53.4 Å². The molecule has 0 aromatic heterocycles. The zero-order chi connectivity index (χ0) is 16.9. The van der Waals surface area contributed by atoms with E-state index in [1.54, 1.807) is 16.7 Å². The lowest BCUT2D eigenvalue weighted by Gasteiger charge is -2.29. The third-order valence-corrected chi connectivity index (χ3v) is 5.22. The molecule has 126 valence electrons. The Bertz CT molecular complexity index is 720. The van der Waals surface area contributed by atoms with Gasteiger partial charge in [-0.05, 0) is 42.4 Å². The van der Waals surface area contributed by atoms with Gasteiger partial charge >= 0.3 is 6.03 Å². The molecule has 4 nitrogen and oxygen atoms in total. The van der Waals surface area contributed by atoms with Gasteiger partial charge in [-0.25, -0.2) is 4.79 Å². The summed E-state index contributed by atoms with van der Waals surface area (Å²) in [7, 11) is 0. The minimum Gasteiger partial charge on any atom is -0.395 e. The van der Waals surface area contributed by atoms with Gasteiger partial charge in [-0.3, -0.25) is 0 Å². The molecule has 0 saturated heterocycles. The summed E-state index contributed by atoms with van der Waals surface area (Å²) in [6.45, 7) is 0.280. The van der Waals surface area contributed by atoms with Gasteiger partial charge in [0.25, 0.3) is 0 Å². The molecular weight excluding hydrogens is 320 g/mol. The van der Waals surface area contributed by atoms with Crippen LogP contribution in [-0.2, 0) is 6.42 Å². The maximum absolute atomic E-state index is 12.9. The summed E-state index contributed by atoms with van der Waals surface area (Å²) in [4.78, 5) is 15.6. The second kappa shape index (κ2) is 7.73. The summed E-state index contributed by atoms with van der Waals surface area (Å²) in [5, 5.41) is 12.4. The molecule has 2 amide bonds. The molecule has 3 rings (SSSR count). The number of aryl methyl sites for hydroxylation is 1. The van der Waals surface area contributed by atoms with E-state index in [4.69, 9.17) is 0 Å². The minimum absolute atomic E-state index is 0.0230. The molecule has 0 saturated carbocycles. The molecule has 2 aromatic rings. The van der Waals surface area contributed by atoms with E-state index in [-0.39, 0.29) is 18.7 Å². The highest BCUT2D eigenvalue weighted by atomic mass is 32.2. The highest BCUT2D eigenvalue weighted by Gasteiger charge is 2.30. The molecule has 0 radical (unpaired) electrons. The van der Waals surface area contributed by atoms with Crippen molar-refractivity contribution in [3.63, 3.8) is 0 Å². The number of benzene rings is 2. The third-order valence-electron chi connectivity index (χ3n) is 4.43. The zero-order valence-electron chi connectivity index (χ0n) is 13.7. The number of nitrogens with zero attached hydrogens (tertiary/aromatic N) is 1. The Balaban J connectivity index is 1.82. The monoisotopic (exact) mass is 342 g/mol. The van der Waals surface area contributed by atoms with Gasteiger partial charge in [0, 0.05) is 11.4 Å². The Morgan fingerprint density at radius 2 is 2.00 bits per heavy atom. The van der Waals surface area contributed by atoms with Gasteiger partial charge in [-0.1, -0.05) is 36.4 Å². The Hall–Kier alpha value is -1.98. The molecule has 5 heteroatoms. The number of anilines is 1. The number of hydrogen-bond acceptors (Lipinski definition) is 3. The largest absolute Gasteiger partial charge is 0.395 e. The minimum atomic E-state index is -0.160. The number of aliphatic hydroxyl groups is 1. The zero-order valence-corrected chi connectivity index (χ0v) is 14.6. The van der Waals surface area contributed by atoms with Crippen LogP contribution in [0.3, 0.4) is 0 Å². The first kappa shape index (κ1) is 16.9. The lowest BCUT2D eigenvalue weighted by atomic mass is 10.1. The van der Waals surface area contributed by atoms with Crippen molar-refractivity contribution < 1.29 is 9.90 Å². The number of thioether (sulfide) groups is 1. The molecule has 24 heavy (non-hydrogen) atoms. The Morgan fingerprint density at radius 3 is 2.79 bits per heavy atom. The van der Waals surface area contributed by atoms with Gasteiger partial charge in [0.1, 0.15) is 0 Å². The van der Waals surface area contributed by atoms with E-state index in [9.17, 15) is 9.90 Å². The third kappa shape index (κ3) is 3.42. The normalized spacial score (nSPS) is 15.8. The van der Waals surface area contributed by atoms with Crippen LogP contribution in [0.2, 0.25) is 0 Å². The Kier molecular flexibility index (Phi) is 5.43. The second-order valence-corrected chi connectivity index (χ2v) is 6.65. The topological polar surface area (TPSA) is 52.6 Å². The van der Waals surface area contributed by atoms with E-state index in [0.717, 1.165) is 23.4 Å². The molecule has 1 aliphatic carbocycles. The lowest BCUT2D eigenvalue weighted by Crippen LogP contribution is -2.39. The van der Waals surface area contributed by atoms with Crippen molar-refractivity contribution in [2.24, 2.45) is 0 Å². The average molecular weight is 342 g/mol. The summed E-state index contributed by atoms with van der Waals surface area (Å²) in [6, 6.07) is 15.9. The first-order valence-corrected chi connectivity index (χ1v) is 9.36. The number of rotatable bonds is 5. The van der Waals surface area contributed by atoms with E-state index in [2.05, 4.69) is 17.4 Å².